The van der Waals surface area contributed by atoms with Crippen molar-refractivity contribution in [3.8, 4) is 34.0 Å². The predicted molar refractivity (Wildman–Crippen MR) is 112 cm³/mol. The Kier molecular flexibility index (Phi) is 7.49. The average molecular weight is 394 g/mol. The Morgan fingerprint density at radius 1 is 0.793 bits per heavy atom. The number of aliphatic hydroxyl groups is 1. The highest BCUT2D eigenvalue weighted by atomic mass is 16.5. The van der Waals surface area contributed by atoms with Gasteiger partial charge in [0.2, 0.25) is 0 Å². The van der Waals surface area contributed by atoms with Crippen LogP contribution in [0.3, 0.4) is 0 Å². The van der Waals surface area contributed by atoms with Crippen molar-refractivity contribution in [2.75, 3.05) is 33.9 Å². The molecule has 0 unspecified atom stereocenters. The van der Waals surface area contributed by atoms with Crippen molar-refractivity contribution in [1.82, 2.24) is 20.5 Å². The maximum Gasteiger partial charge on any atom is 0.151 e. The summed E-state index contributed by atoms with van der Waals surface area (Å²) >= 11 is 0. The first-order chi connectivity index (χ1) is 14.2. The summed E-state index contributed by atoms with van der Waals surface area (Å²) in [5, 5.41) is 20.8. The molecule has 0 aliphatic rings. The lowest BCUT2D eigenvalue weighted by molar-refractivity contribution is 0.292. The number of hydrogen-bond donors (Lipinski definition) is 2. The van der Waals surface area contributed by atoms with Crippen LogP contribution in [0.5, 0.6) is 11.5 Å². The van der Waals surface area contributed by atoms with Crippen molar-refractivity contribution in [3.63, 3.8) is 0 Å². The van der Waals surface area contributed by atoms with Gasteiger partial charge in [-0.1, -0.05) is 0 Å². The van der Waals surface area contributed by atoms with Gasteiger partial charge in [0.1, 0.15) is 22.9 Å². The lowest BCUT2D eigenvalue weighted by Crippen LogP contribution is -2.20. The number of nitrogens with one attached hydrogen (secondary N) is 1. The second-order valence-electron chi connectivity index (χ2n) is 6.46. The molecule has 1 aromatic heterocycles. The van der Waals surface area contributed by atoms with Gasteiger partial charge in [0.15, 0.2) is 5.82 Å². The number of aromatic nitrogens is 3. The molecule has 0 saturated carbocycles. The van der Waals surface area contributed by atoms with Crippen molar-refractivity contribution < 1.29 is 14.6 Å². The van der Waals surface area contributed by atoms with Gasteiger partial charge in [0, 0.05) is 24.1 Å². The molecular formula is C22H26N4O3. The van der Waals surface area contributed by atoms with Crippen LogP contribution in [0.25, 0.3) is 22.5 Å². The van der Waals surface area contributed by atoms with E-state index in [-0.39, 0.29) is 6.61 Å². The third kappa shape index (κ3) is 5.49. The Labute approximate surface area is 170 Å². The molecule has 0 aliphatic carbocycles. The minimum absolute atomic E-state index is 0.135. The standard InChI is InChI=1S/C22H26N4O3/c1-28-18-9-5-16(6-10-18)21-22(17-7-11-19(29-2)12-8-17)26-25-20(24-21)4-3-13-23-14-15-27/h5-12,23,27H,3-4,13-15H2,1-2H3. The Bertz CT molecular complexity index is 899. The van der Waals surface area contributed by atoms with E-state index in [9.17, 15) is 0 Å². The van der Waals surface area contributed by atoms with Gasteiger partial charge in [-0.05, 0) is 61.5 Å². The number of hydrogen-bond acceptors (Lipinski definition) is 7. The molecule has 2 aromatic carbocycles. The van der Waals surface area contributed by atoms with Gasteiger partial charge in [0.05, 0.1) is 20.8 Å². The summed E-state index contributed by atoms with van der Waals surface area (Å²) in [4.78, 5) is 4.81. The Morgan fingerprint density at radius 2 is 1.38 bits per heavy atom. The van der Waals surface area contributed by atoms with Gasteiger partial charge in [0.25, 0.3) is 0 Å². The lowest BCUT2D eigenvalue weighted by atomic mass is 10.0. The highest BCUT2D eigenvalue weighted by Crippen LogP contribution is 2.30. The van der Waals surface area contributed by atoms with Crippen molar-refractivity contribution in [2.45, 2.75) is 12.8 Å². The number of nitrogens with zero attached hydrogens (tertiary/aromatic N) is 3. The first-order valence-electron chi connectivity index (χ1n) is 9.59. The van der Waals surface area contributed by atoms with E-state index in [0.29, 0.717) is 18.8 Å². The predicted octanol–water partition coefficient (Wildman–Crippen LogP) is 2.74. The normalized spacial score (nSPS) is 10.7. The lowest BCUT2D eigenvalue weighted by Gasteiger charge is -2.11. The van der Waals surface area contributed by atoms with Crippen LogP contribution in [-0.4, -0.2) is 54.2 Å². The monoisotopic (exact) mass is 394 g/mol. The number of aryl methyl sites for hydroxylation is 1. The van der Waals surface area contributed by atoms with Crippen molar-refractivity contribution in [2.24, 2.45) is 0 Å². The molecule has 0 fully saturated rings. The Balaban J connectivity index is 1.91. The van der Waals surface area contributed by atoms with Crippen LogP contribution in [0.2, 0.25) is 0 Å². The first-order valence-corrected chi connectivity index (χ1v) is 9.59. The molecule has 0 amide bonds. The second kappa shape index (κ2) is 10.5. The van der Waals surface area contributed by atoms with E-state index in [1.807, 2.05) is 48.5 Å². The number of methoxy groups -OCH3 is 2. The molecule has 0 saturated heterocycles. The zero-order valence-corrected chi connectivity index (χ0v) is 16.8. The topological polar surface area (TPSA) is 89.4 Å². The molecule has 152 valence electrons. The molecule has 1 heterocycles. The maximum absolute atomic E-state index is 8.84. The van der Waals surface area contributed by atoms with Gasteiger partial charge in [-0.25, -0.2) is 4.98 Å². The zero-order valence-electron chi connectivity index (χ0n) is 16.8. The fourth-order valence-electron chi connectivity index (χ4n) is 2.93. The van der Waals surface area contributed by atoms with Crippen LogP contribution in [0.15, 0.2) is 48.5 Å². The third-order valence-corrected chi connectivity index (χ3v) is 4.50. The Morgan fingerprint density at radius 3 is 1.93 bits per heavy atom. The minimum Gasteiger partial charge on any atom is -0.497 e. The average Bonchev–Trinajstić information content (AvgIpc) is 2.79. The number of rotatable bonds is 10. The minimum atomic E-state index is 0.135. The van der Waals surface area contributed by atoms with Crippen molar-refractivity contribution in [1.29, 1.82) is 0 Å². The molecule has 3 rings (SSSR count). The van der Waals surface area contributed by atoms with Gasteiger partial charge >= 0.3 is 0 Å². The summed E-state index contributed by atoms with van der Waals surface area (Å²) in [7, 11) is 3.29. The molecule has 7 heteroatoms. The molecule has 0 aliphatic heterocycles. The molecule has 29 heavy (non-hydrogen) atoms. The smallest absolute Gasteiger partial charge is 0.151 e. The van der Waals surface area contributed by atoms with E-state index in [2.05, 4.69) is 15.5 Å². The van der Waals surface area contributed by atoms with Crippen LogP contribution in [0.4, 0.5) is 0 Å². The SMILES string of the molecule is COc1ccc(-c2nnc(CCCNCCO)nc2-c2ccc(OC)cc2)cc1. The van der Waals surface area contributed by atoms with Crippen LogP contribution >= 0.6 is 0 Å². The number of aliphatic hydroxyl groups excluding tert-OH is 1. The van der Waals surface area contributed by atoms with Crippen molar-refractivity contribution in [3.05, 3.63) is 54.4 Å². The fraction of sp³-hybridized carbons (Fsp3) is 0.318. The van der Waals surface area contributed by atoms with E-state index < -0.39 is 0 Å². The van der Waals surface area contributed by atoms with Crippen LogP contribution in [0, 0.1) is 0 Å². The molecule has 2 N–H and O–H groups in total. The maximum atomic E-state index is 8.84. The fourth-order valence-corrected chi connectivity index (χ4v) is 2.93. The highest BCUT2D eigenvalue weighted by Gasteiger charge is 2.14. The third-order valence-electron chi connectivity index (χ3n) is 4.50. The largest absolute Gasteiger partial charge is 0.497 e. The van der Waals surface area contributed by atoms with Crippen LogP contribution in [0.1, 0.15) is 12.2 Å². The molecule has 0 radical (unpaired) electrons. The molecule has 0 spiro atoms. The van der Waals surface area contributed by atoms with Gasteiger partial charge in [-0.2, -0.15) is 0 Å². The molecule has 3 aromatic rings. The summed E-state index contributed by atoms with van der Waals surface area (Å²) in [5.41, 5.74) is 3.38. The van der Waals surface area contributed by atoms with Gasteiger partial charge < -0.3 is 19.9 Å². The van der Waals surface area contributed by atoms with E-state index in [0.717, 1.165) is 47.0 Å². The molecule has 7 nitrogen and oxygen atoms in total. The first kappa shape index (κ1) is 20.7. The quantitative estimate of drug-likeness (QED) is 0.511. The molecule has 0 atom stereocenters. The van der Waals surface area contributed by atoms with E-state index in [4.69, 9.17) is 19.6 Å². The van der Waals surface area contributed by atoms with Crippen molar-refractivity contribution >= 4 is 0 Å². The molecule has 0 bridgehead atoms. The van der Waals surface area contributed by atoms with Gasteiger partial charge in [-0.15, -0.1) is 10.2 Å². The Hall–Kier alpha value is -3.03. The summed E-state index contributed by atoms with van der Waals surface area (Å²) in [6.45, 7) is 1.52. The van der Waals surface area contributed by atoms with E-state index in [1.165, 1.54) is 0 Å². The van der Waals surface area contributed by atoms with Crippen LogP contribution in [-0.2, 0) is 6.42 Å². The highest BCUT2D eigenvalue weighted by molar-refractivity contribution is 5.77. The number of benzene rings is 2. The van der Waals surface area contributed by atoms with E-state index in [1.54, 1.807) is 14.2 Å². The second-order valence-corrected chi connectivity index (χ2v) is 6.46. The summed E-state index contributed by atoms with van der Waals surface area (Å²) in [6, 6.07) is 15.5. The molecular weight excluding hydrogens is 368 g/mol. The summed E-state index contributed by atoms with van der Waals surface area (Å²) in [5.74, 6) is 2.27. The van der Waals surface area contributed by atoms with Crippen LogP contribution < -0.4 is 14.8 Å². The zero-order chi connectivity index (χ0) is 20.5. The summed E-state index contributed by atoms with van der Waals surface area (Å²) < 4.78 is 10.5. The van der Waals surface area contributed by atoms with E-state index >= 15 is 0 Å². The van der Waals surface area contributed by atoms with Gasteiger partial charge in [-0.3, -0.25) is 0 Å². The number of ether oxygens (including phenoxy) is 2. The summed E-state index contributed by atoms with van der Waals surface area (Å²) in [6.07, 6.45) is 1.57.